The third kappa shape index (κ3) is 3.98. The van der Waals surface area contributed by atoms with E-state index < -0.39 is 5.54 Å². The van der Waals surface area contributed by atoms with E-state index in [0.29, 0.717) is 19.6 Å². The highest BCUT2D eigenvalue weighted by Crippen LogP contribution is 2.40. The summed E-state index contributed by atoms with van der Waals surface area (Å²) in [5.41, 5.74) is -0.753. The number of hydrogen-bond donors (Lipinski definition) is 2. The maximum absolute atomic E-state index is 12.9. The number of rotatable bonds is 6. The van der Waals surface area contributed by atoms with Crippen LogP contribution in [0.15, 0.2) is 0 Å². The minimum atomic E-state index is -0.753. The average Bonchev–Trinajstić information content (AvgIpc) is 3.31. The molecule has 2 N–H and O–H groups in total. The van der Waals surface area contributed by atoms with Gasteiger partial charge in [-0.15, -0.1) is 0 Å². The molecule has 1 saturated heterocycles. The van der Waals surface area contributed by atoms with Crippen LogP contribution in [0.5, 0.6) is 0 Å². The largest absolute Gasteiger partial charge is 0.392 e. The molecule has 2 amide bonds. The molecule has 126 valence electrons. The maximum atomic E-state index is 12.9. The highest BCUT2D eigenvalue weighted by atomic mass is 16.3. The topological polar surface area (TPSA) is 72.9 Å². The van der Waals surface area contributed by atoms with Gasteiger partial charge in [-0.2, -0.15) is 0 Å². The fourth-order valence-electron chi connectivity index (χ4n) is 3.25. The zero-order valence-electron chi connectivity index (χ0n) is 14.0. The van der Waals surface area contributed by atoms with Crippen molar-refractivity contribution in [3.8, 4) is 0 Å². The summed E-state index contributed by atoms with van der Waals surface area (Å²) in [7, 11) is 0. The SMILES string of the molecule is CCC(O)CN1CCN(C(=O)C(C)(NC(C)=O)C2CC2)CC1. The van der Waals surface area contributed by atoms with Gasteiger partial charge < -0.3 is 15.3 Å². The van der Waals surface area contributed by atoms with Gasteiger partial charge in [0.25, 0.3) is 0 Å². The Morgan fingerprint density at radius 3 is 2.32 bits per heavy atom. The van der Waals surface area contributed by atoms with Gasteiger partial charge in [-0.05, 0) is 32.1 Å². The van der Waals surface area contributed by atoms with Gasteiger partial charge in [0.1, 0.15) is 5.54 Å². The number of aliphatic hydroxyl groups excluding tert-OH is 1. The summed E-state index contributed by atoms with van der Waals surface area (Å²) in [6.45, 7) is 8.87. The number of piperazine rings is 1. The molecule has 1 saturated carbocycles. The molecule has 0 aromatic heterocycles. The van der Waals surface area contributed by atoms with Crippen molar-refractivity contribution in [3.05, 3.63) is 0 Å². The molecule has 2 atom stereocenters. The number of carbonyl (C=O) groups is 2. The highest BCUT2D eigenvalue weighted by molar-refractivity contribution is 5.91. The van der Waals surface area contributed by atoms with Crippen molar-refractivity contribution in [2.24, 2.45) is 5.92 Å². The lowest BCUT2D eigenvalue weighted by molar-refractivity contribution is -0.143. The first-order valence-corrected chi connectivity index (χ1v) is 8.35. The molecule has 22 heavy (non-hydrogen) atoms. The Bertz CT molecular complexity index is 417. The van der Waals surface area contributed by atoms with Crippen molar-refractivity contribution in [3.63, 3.8) is 0 Å². The Balaban J connectivity index is 1.92. The van der Waals surface area contributed by atoms with Crippen molar-refractivity contribution >= 4 is 11.8 Å². The van der Waals surface area contributed by atoms with E-state index in [-0.39, 0.29) is 23.8 Å². The average molecular weight is 311 g/mol. The molecule has 2 fully saturated rings. The van der Waals surface area contributed by atoms with Gasteiger partial charge in [-0.3, -0.25) is 14.5 Å². The van der Waals surface area contributed by atoms with E-state index in [4.69, 9.17) is 0 Å². The molecule has 0 radical (unpaired) electrons. The normalized spacial score (nSPS) is 23.7. The minimum absolute atomic E-state index is 0.0425. The predicted octanol–water partition coefficient (Wildman–Crippen LogP) is 0.206. The molecule has 1 aliphatic heterocycles. The summed E-state index contributed by atoms with van der Waals surface area (Å²) >= 11 is 0. The van der Waals surface area contributed by atoms with Gasteiger partial charge in [-0.25, -0.2) is 0 Å². The third-order valence-corrected chi connectivity index (χ3v) is 4.87. The summed E-state index contributed by atoms with van der Waals surface area (Å²) in [5.74, 6) is 0.164. The van der Waals surface area contributed by atoms with Crippen LogP contribution in [0.3, 0.4) is 0 Å². The molecule has 1 heterocycles. The number of nitrogens with zero attached hydrogens (tertiary/aromatic N) is 2. The Labute approximate surface area is 132 Å². The van der Waals surface area contributed by atoms with Crippen LogP contribution in [-0.4, -0.2) is 71.1 Å². The Hall–Kier alpha value is -1.14. The van der Waals surface area contributed by atoms with Crippen molar-refractivity contribution in [2.45, 2.75) is 51.7 Å². The molecule has 2 aliphatic rings. The molecule has 2 rings (SSSR count). The zero-order valence-corrected chi connectivity index (χ0v) is 14.0. The Morgan fingerprint density at radius 1 is 1.27 bits per heavy atom. The molecule has 6 nitrogen and oxygen atoms in total. The molecular weight excluding hydrogens is 282 g/mol. The second-order valence-corrected chi connectivity index (χ2v) is 6.81. The first-order valence-electron chi connectivity index (χ1n) is 8.35. The van der Waals surface area contributed by atoms with Gasteiger partial charge in [0, 0.05) is 39.6 Å². The van der Waals surface area contributed by atoms with Crippen LogP contribution in [0.2, 0.25) is 0 Å². The predicted molar refractivity (Wildman–Crippen MR) is 84.3 cm³/mol. The molecule has 0 aromatic rings. The maximum Gasteiger partial charge on any atom is 0.248 e. The zero-order chi connectivity index (χ0) is 16.3. The van der Waals surface area contributed by atoms with Gasteiger partial charge in [0.2, 0.25) is 11.8 Å². The minimum Gasteiger partial charge on any atom is -0.392 e. The van der Waals surface area contributed by atoms with Gasteiger partial charge >= 0.3 is 0 Å². The fraction of sp³-hybridized carbons (Fsp3) is 0.875. The van der Waals surface area contributed by atoms with Crippen molar-refractivity contribution in [2.75, 3.05) is 32.7 Å². The highest BCUT2D eigenvalue weighted by Gasteiger charge is 2.49. The third-order valence-electron chi connectivity index (χ3n) is 4.87. The van der Waals surface area contributed by atoms with Gasteiger partial charge in [0.05, 0.1) is 6.10 Å². The Morgan fingerprint density at radius 2 is 1.86 bits per heavy atom. The standard InChI is InChI=1S/C16H29N3O3/c1-4-14(21)11-18-7-9-19(10-8-18)15(22)16(3,13-5-6-13)17-12(2)20/h13-14,21H,4-11H2,1-3H3,(H,17,20). The molecular formula is C16H29N3O3. The van der Waals surface area contributed by atoms with Crippen molar-refractivity contribution < 1.29 is 14.7 Å². The van der Waals surface area contributed by atoms with Gasteiger partial charge in [-0.1, -0.05) is 6.92 Å². The first kappa shape index (κ1) is 17.2. The second-order valence-electron chi connectivity index (χ2n) is 6.81. The summed E-state index contributed by atoms with van der Waals surface area (Å²) in [5, 5.41) is 12.6. The summed E-state index contributed by atoms with van der Waals surface area (Å²) in [6, 6.07) is 0. The van der Waals surface area contributed by atoms with E-state index >= 15 is 0 Å². The van der Waals surface area contributed by atoms with Crippen LogP contribution >= 0.6 is 0 Å². The number of aliphatic hydroxyl groups is 1. The molecule has 0 spiro atoms. The summed E-state index contributed by atoms with van der Waals surface area (Å²) in [6.07, 6.45) is 2.47. The number of carbonyl (C=O) groups excluding carboxylic acids is 2. The van der Waals surface area contributed by atoms with Crippen LogP contribution in [0.25, 0.3) is 0 Å². The van der Waals surface area contributed by atoms with Crippen LogP contribution in [0, 0.1) is 5.92 Å². The number of β-amino-alcohol motifs (C(OH)–C–C–N with tert-alkyl or cyclic N) is 1. The smallest absolute Gasteiger partial charge is 0.248 e. The van der Waals surface area contributed by atoms with E-state index in [1.54, 1.807) is 0 Å². The van der Waals surface area contributed by atoms with Crippen LogP contribution in [-0.2, 0) is 9.59 Å². The second kappa shape index (κ2) is 6.96. The number of hydrogen-bond acceptors (Lipinski definition) is 4. The molecule has 2 unspecified atom stereocenters. The van der Waals surface area contributed by atoms with E-state index in [2.05, 4.69) is 10.2 Å². The molecule has 0 aromatic carbocycles. The summed E-state index contributed by atoms with van der Waals surface area (Å²) < 4.78 is 0. The van der Waals surface area contributed by atoms with Crippen LogP contribution in [0.1, 0.15) is 40.0 Å². The number of nitrogens with one attached hydrogen (secondary N) is 1. The van der Waals surface area contributed by atoms with Gasteiger partial charge in [0.15, 0.2) is 0 Å². The van der Waals surface area contributed by atoms with E-state index in [9.17, 15) is 14.7 Å². The Kier molecular flexibility index (Phi) is 5.45. The van der Waals surface area contributed by atoms with E-state index in [0.717, 1.165) is 32.4 Å². The van der Waals surface area contributed by atoms with Crippen molar-refractivity contribution in [1.82, 2.24) is 15.1 Å². The van der Waals surface area contributed by atoms with Crippen LogP contribution in [0.4, 0.5) is 0 Å². The lowest BCUT2D eigenvalue weighted by atomic mass is 9.93. The molecule has 1 aliphatic carbocycles. The van der Waals surface area contributed by atoms with Crippen LogP contribution < -0.4 is 5.32 Å². The van der Waals surface area contributed by atoms with Crippen molar-refractivity contribution in [1.29, 1.82) is 0 Å². The molecule has 6 heteroatoms. The molecule has 0 bridgehead atoms. The lowest BCUT2D eigenvalue weighted by Crippen LogP contribution is -2.62. The fourth-order valence-corrected chi connectivity index (χ4v) is 3.25. The summed E-state index contributed by atoms with van der Waals surface area (Å²) in [4.78, 5) is 28.4. The van der Waals surface area contributed by atoms with E-state index in [1.165, 1.54) is 6.92 Å². The lowest BCUT2D eigenvalue weighted by Gasteiger charge is -2.40. The quantitative estimate of drug-likeness (QED) is 0.735. The monoisotopic (exact) mass is 311 g/mol. The number of amides is 2. The van der Waals surface area contributed by atoms with E-state index in [1.807, 2.05) is 18.7 Å². The first-order chi connectivity index (χ1) is 10.4.